The molecule has 0 aliphatic heterocycles. The van der Waals surface area contributed by atoms with E-state index in [0.29, 0.717) is 0 Å². The number of hydrogen-bond donors (Lipinski definition) is 0. The van der Waals surface area contributed by atoms with Gasteiger partial charge in [0.05, 0.1) is 13.2 Å². The van der Waals surface area contributed by atoms with E-state index >= 15 is 0 Å². The fourth-order valence-electron chi connectivity index (χ4n) is 4.27. The van der Waals surface area contributed by atoms with Crippen molar-refractivity contribution >= 4 is 21.8 Å². The molecule has 0 amide bonds. The first kappa shape index (κ1) is 18.5. The molecule has 0 aliphatic rings. The summed E-state index contributed by atoms with van der Waals surface area (Å²) in [5.74, 6) is 2.04. The molecule has 30 heavy (non-hydrogen) atoms. The first-order chi connectivity index (χ1) is 14.5. The highest BCUT2D eigenvalue weighted by atomic mass is 16.5. The van der Waals surface area contributed by atoms with Crippen molar-refractivity contribution in [2.45, 2.75) is 26.9 Å². The Hall–Kier alpha value is -3.53. The van der Waals surface area contributed by atoms with Crippen molar-refractivity contribution < 1.29 is 9.30 Å². The second kappa shape index (κ2) is 7.06. The van der Waals surface area contributed by atoms with Crippen LogP contribution in [0.3, 0.4) is 0 Å². The minimum absolute atomic E-state index is 0.134. The topological polar surface area (TPSA) is 23.0 Å². The maximum absolute atomic E-state index is 6.12. The summed E-state index contributed by atoms with van der Waals surface area (Å²) in [4.78, 5) is 0. The molecule has 0 saturated carbocycles. The zero-order valence-electron chi connectivity index (χ0n) is 17.8. The number of nitrogens with zero attached hydrogens (tertiary/aromatic N) is 3. The highest BCUT2D eigenvalue weighted by Gasteiger charge is 2.24. The van der Waals surface area contributed by atoms with Gasteiger partial charge in [-0.3, -0.25) is 0 Å². The van der Waals surface area contributed by atoms with E-state index in [2.05, 4.69) is 115 Å². The standard InChI is InChI=1S/C26H26N3O/c1-18(2)30-24-15-14-22-21-12-8-9-13-23(21)29(26(22)19(24)3)25-16-28(17-27(25)4)20-10-6-5-7-11-20/h5-18H,1-4H3/q+1. The van der Waals surface area contributed by atoms with E-state index in [1.807, 2.05) is 6.07 Å². The van der Waals surface area contributed by atoms with E-state index in [-0.39, 0.29) is 6.10 Å². The molecule has 4 nitrogen and oxygen atoms in total. The zero-order valence-corrected chi connectivity index (χ0v) is 17.8. The minimum Gasteiger partial charge on any atom is -0.491 e. The number of para-hydroxylation sites is 2. The van der Waals surface area contributed by atoms with Crippen LogP contribution in [0.1, 0.15) is 19.4 Å². The van der Waals surface area contributed by atoms with Crippen molar-refractivity contribution in [3.8, 4) is 17.3 Å². The smallest absolute Gasteiger partial charge is 0.265 e. The van der Waals surface area contributed by atoms with E-state index in [1.54, 1.807) is 0 Å². The van der Waals surface area contributed by atoms with Crippen molar-refractivity contribution in [3.05, 3.63) is 84.8 Å². The highest BCUT2D eigenvalue weighted by Crippen LogP contribution is 2.37. The first-order valence-corrected chi connectivity index (χ1v) is 10.4. The van der Waals surface area contributed by atoms with Gasteiger partial charge in [0.15, 0.2) is 6.33 Å². The maximum Gasteiger partial charge on any atom is 0.265 e. The molecule has 3 aromatic carbocycles. The van der Waals surface area contributed by atoms with Crippen molar-refractivity contribution in [1.82, 2.24) is 9.13 Å². The Balaban J connectivity index is 1.83. The van der Waals surface area contributed by atoms with Crippen molar-refractivity contribution in [2.24, 2.45) is 7.05 Å². The third kappa shape index (κ3) is 2.88. The van der Waals surface area contributed by atoms with Crippen LogP contribution in [0, 0.1) is 6.92 Å². The predicted molar refractivity (Wildman–Crippen MR) is 122 cm³/mol. The first-order valence-electron chi connectivity index (χ1n) is 10.4. The normalized spacial score (nSPS) is 11.6. The summed E-state index contributed by atoms with van der Waals surface area (Å²) in [7, 11) is 2.10. The summed E-state index contributed by atoms with van der Waals surface area (Å²) in [5, 5.41) is 2.49. The molecule has 0 saturated heterocycles. The molecule has 4 heteroatoms. The van der Waals surface area contributed by atoms with Crippen LogP contribution in [-0.4, -0.2) is 15.2 Å². The van der Waals surface area contributed by atoms with Crippen LogP contribution in [0.5, 0.6) is 5.75 Å². The van der Waals surface area contributed by atoms with Gasteiger partial charge >= 0.3 is 0 Å². The van der Waals surface area contributed by atoms with Crippen molar-refractivity contribution in [2.75, 3.05) is 0 Å². The van der Waals surface area contributed by atoms with E-state index in [9.17, 15) is 0 Å². The van der Waals surface area contributed by atoms with Crippen LogP contribution in [0.15, 0.2) is 79.3 Å². The van der Waals surface area contributed by atoms with Crippen LogP contribution < -0.4 is 9.30 Å². The molecule has 0 bridgehead atoms. The second-order valence-corrected chi connectivity index (χ2v) is 8.06. The van der Waals surface area contributed by atoms with Gasteiger partial charge in [-0.25, -0.2) is 13.7 Å². The van der Waals surface area contributed by atoms with Crippen LogP contribution in [0.4, 0.5) is 0 Å². The van der Waals surface area contributed by atoms with E-state index < -0.39 is 0 Å². The number of benzene rings is 3. The molecule has 0 atom stereocenters. The summed E-state index contributed by atoms with van der Waals surface area (Å²) in [6.45, 7) is 6.29. The van der Waals surface area contributed by atoms with Crippen molar-refractivity contribution in [3.63, 3.8) is 0 Å². The average Bonchev–Trinajstić information content (AvgIpc) is 3.28. The van der Waals surface area contributed by atoms with Gasteiger partial charge in [0, 0.05) is 16.3 Å². The number of imidazole rings is 1. The largest absolute Gasteiger partial charge is 0.491 e. The third-order valence-corrected chi connectivity index (χ3v) is 5.60. The quantitative estimate of drug-likeness (QED) is 0.368. The molecule has 0 aliphatic carbocycles. The number of ether oxygens (including phenoxy) is 1. The number of hydrogen-bond acceptors (Lipinski definition) is 1. The summed E-state index contributed by atoms with van der Waals surface area (Å²) in [5.41, 5.74) is 4.68. The van der Waals surface area contributed by atoms with Crippen LogP contribution in [0.25, 0.3) is 33.3 Å². The molecular formula is C26H26N3O+. The monoisotopic (exact) mass is 396 g/mol. The third-order valence-electron chi connectivity index (χ3n) is 5.60. The number of rotatable bonds is 4. The van der Waals surface area contributed by atoms with Gasteiger partial charge < -0.3 is 4.74 Å². The fourth-order valence-corrected chi connectivity index (χ4v) is 4.27. The summed E-state index contributed by atoms with van der Waals surface area (Å²) < 4.78 is 12.8. The lowest BCUT2D eigenvalue weighted by molar-refractivity contribution is -0.664. The lowest BCUT2D eigenvalue weighted by Gasteiger charge is -2.13. The number of fused-ring (bicyclic) bond motifs is 3. The van der Waals surface area contributed by atoms with Gasteiger partial charge in [-0.2, -0.15) is 0 Å². The molecule has 5 aromatic rings. The molecule has 2 aromatic heterocycles. The Morgan fingerprint density at radius 2 is 1.60 bits per heavy atom. The van der Waals surface area contributed by atoms with Crippen LogP contribution >= 0.6 is 0 Å². The van der Waals surface area contributed by atoms with E-state index in [4.69, 9.17) is 4.74 Å². The van der Waals surface area contributed by atoms with E-state index in [0.717, 1.165) is 22.8 Å². The Labute approximate surface area is 176 Å². The van der Waals surface area contributed by atoms with Gasteiger partial charge in [-0.15, -0.1) is 0 Å². The van der Waals surface area contributed by atoms with Crippen LogP contribution in [0.2, 0.25) is 0 Å². The second-order valence-electron chi connectivity index (χ2n) is 8.06. The molecule has 0 N–H and O–H groups in total. The predicted octanol–water partition coefficient (Wildman–Crippen LogP) is 5.49. The lowest BCUT2D eigenvalue weighted by Crippen LogP contribution is -2.30. The minimum atomic E-state index is 0.134. The van der Waals surface area contributed by atoms with Crippen LogP contribution in [-0.2, 0) is 7.05 Å². The lowest BCUT2D eigenvalue weighted by atomic mass is 10.1. The van der Waals surface area contributed by atoms with Gasteiger partial charge in [0.1, 0.15) is 28.7 Å². The Kier molecular flexibility index (Phi) is 4.35. The van der Waals surface area contributed by atoms with Gasteiger partial charge in [-0.1, -0.05) is 36.4 Å². The van der Waals surface area contributed by atoms with Gasteiger partial charge in [0.25, 0.3) is 5.82 Å². The highest BCUT2D eigenvalue weighted by molar-refractivity contribution is 6.10. The summed E-state index contributed by atoms with van der Waals surface area (Å²) in [6, 6.07) is 23.3. The average molecular weight is 397 g/mol. The number of aromatic nitrogens is 3. The molecule has 2 heterocycles. The molecular weight excluding hydrogens is 370 g/mol. The Morgan fingerprint density at radius 3 is 2.37 bits per heavy atom. The van der Waals surface area contributed by atoms with E-state index in [1.165, 1.54) is 21.8 Å². The molecule has 0 radical (unpaired) electrons. The number of aryl methyl sites for hydroxylation is 2. The Bertz CT molecular complexity index is 1360. The molecule has 0 fully saturated rings. The zero-order chi connectivity index (χ0) is 20.8. The molecule has 0 spiro atoms. The van der Waals surface area contributed by atoms with Gasteiger partial charge in [-0.05, 0) is 51.1 Å². The molecule has 5 rings (SSSR count). The maximum atomic E-state index is 6.12. The molecule has 0 unspecified atom stereocenters. The summed E-state index contributed by atoms with van der Waals surface area (Å²) >= 11 is 0. The summed E-state index contributed by atoms with van der Waals surface area (Å²) in [6.07, 6.45) is 4.44. The SMILES string of the molecule is Cc1c(OC(C)C)ccc2c3ccccc3n(-c3cn(-c4ccccc4)c[n+]3C)c12. The molecule has 150 valence electrons. The Morgan fingerprint density at radius 1 is 0.867 bits per heavy atom. The van der Waals surface area contributed by atoms with Crippen molar-refractivity contribution in [1.29, 1.82) is 0 Å². The fraction of sp³-hybridized carbons (Fsp3) is 0.192. The van der Waals surface area contributed by atoms with Gasteiger partial charge in [0.2, 0.25) is 0 Å².